The molecular weight excluding hydrogens is 300 g/mol. The molecule has 0 unspecified atom stereocenters. The number of methoxy groups -OCH3 is 2. The lowest BCUT2D eigenvalue weighted by molar-refractivity contribution is 0.0843. The molecule has 120 valence electrons. The first-order valence-electron chi connectivity index (χ1n) is 7.02. The number of fused-ring (bicyclic) bond motifs is 1. The molecule has 1 aliphatic heterocycles. The largest absolute Gasteiger partial charge is 0.508 e. The van der Waals surface area contributed by atoms with E-state index >= 15 is 0 Å². The molecule has 0 fully saturated rings. The number of ether oxygens (including phenoxy) is 3. The minimum atomic E-state index is -0.492. The third-order valence-electron chi connectivity index (χ3n) is 3.79. The van der Waals surface area contributed by atoms with Gasteiger partial charge in [0, 0.05) is 6.07 Å². The summed E-state index contributed by atoms with van der Waals surface area (Å²) in [6, 6.07) is 7.98. The molecule has 1 aliphatic rings. The highest BCUT2D eigenvalue weighted by molar-refractivity contribution is 6.03. The van der Waals surface area contributed by atoms with Crippen LogP contribution in [0, 0.1) is 0 Å². The highest BCUT2D eigenvalue weighted by atomic mass is 16.5. The molecular formula is C17H16O6. The predicted octanol–water partition coefficient (Wildman–Crippen LogP) is 2.82. The van der Waals surface area contributed by atoms with Crippen LogP contribution in [0.25, 0.3) is 0 Å². The smallest absolute Gasteiger partial charge is 0.204 e. The fourth-order valence-electron chi connectivity index (χ4n) is 2.66. The van der Waals surface area contributed by atoms with Gasteiger partial charge < -0.3 is 24.4 Å². The number of carbonyl (C=O) groups excluding carboxylic acids is 1. The van der Waals surface area contributed by atoms with Crippen LogP contribution in [-0.2, 0) is 0 Å². The number of hydrogen-bond acceptors (Lipinski definition) is 6. The average molecular weight is 316 g/mol. The lowest BCUT2D eigenvalue weighted by Gasteiger charge is -2.27. The Kier molecular flexibility index (Phi) is 3.73. The zero-order valence-corrected chi connectivity index (χ0v) is 12.7. The molecule has 0 aromatic heterocycles. The van der Waals surface area contributed by atoms with Crippen LogP contribution in [0.3, 0.4) is 0 Å². The number of phenols is 2. The second-order valence-corrected chi connectivity index (χ2v) is 5.16. The molecule has 0 saturated carbocycles. The second-order valence-electron chi connectivity index (χ2n) is 5.16. The number of benzene rings is 2. The van der Waals surface area contributed by atoms with E-state index in [0.29, 0.717) is 0 Å². The Morgan fingerprint density at radius 1 is 1.13 bits per heavy atom. The molecule has 1 atom stereocenters. The van der Waals surface area contributed by atoms with Gasteiger partial charge in [0.05, 0.1) is 20.6 Å². The molecule has 0 amide bonds. The third kappa shape index (κ3) is 2.52. The fourth-order valence-corrected chi connectivity index (χ4v) is 2.66. The summed E-state index contributed by atoms with van der Waals surface area (Å²) in [5, 5.41) is 19.6. The van der Waals surface area contributed by atoms with Crippen LogP contribution in [0.5, 0.6) is 28.7 Å². The molecule has 0 saturated heterocycles. The summed E-state index contributed by atoms with van der Waals surface area (Å²) in [5.41, 5.74) is 0.855. The summed E-state index contributed by atoms with van der Waals surface area (Å²) in [7, 11) is 2.82. The minimum absolute atomic E-state index is 0.0841. The lowest BCUT2D eigenvalue weighted by atomic mass is 9.95. The standard InChI is InChI=1S/C17H16O6/c1-21-14-8-13-15(16(20)17(14)22-2)11(19)7-12(23-13)9-3-5-10(18)6-4-9/h3-6,8,12,18,20H,7H2,1-2H3/t12-/m1/s1. The Balaban J connectivity index is 2.04. The van der Waals surface area contributed by atoms with Crippen molar-refractivity contribution < 1.29 is 29.2 Å². The molecule has 2 N–H and O–H groups in total. The monoisotopic (exact) mass is 316 g/mol. The van der Waals surface area contributed by atoms with Gasteiger partial charge in [-0.05, 0) is 17.7 Å². The lowest BCUT2D eigenvalue weighted by Crippen LogP contribution is -2.20. The van der Waals surface area contributed by atoms with E-state index in [-0.39, 0.29) is 46.5 Å². The topological polar surface area (TPSA) is 85.2 Å². The number of hydrogen-bond donors (Lipinski definition) is 2. The summed E-state index contributed by atoms with van der Waals surface area (Å²) in [4.78, 5) is 12.4. The Hall–Kier alpha value is -2.89. The van der Waals surface area contributed by atoms with E-state index in [1.54, 1.807) is 12.1 Å². The molecule has 1 heterocycles. The van der Waals surface area contributed by atoms with Gasteiger partial charge in [0.25, 0.3) is 0 Å². The highest BCUT2D eigenvalue weighted by Gasteiger charge is 2.33. The van der Waals surface area contributed by atoms with Crippen LogP contribution >= 0.6 is 0 Å². The predicted molar refractivity (Wildman–Crippen MR) is 81.6 cm³/mol. The van der Waals surface area contributed by atoms with Crippen molar-refractivity contribution in [1.29, 1.82) is 0 Å². The van der Waals surface area contributed by atoms with Crippen molar-refractivity contribution in [1.82, 2.24) is 0 Å². The van der Waals surface area contributed by atoms with Gasteiger partial charge in [0.15, 0.2) is 17.3 Å². The van der Waals surface area contributed by atoms with Crippen LogP contribution in [0.1, 0.15) is 28.4 Å². The van der Waals surface area contributed by atoms with Crippen molar-refractivity contribution >= 4 is 5.78 Å². The summed E-state index contributed by atoms with van der Waals surface area (Å²) in [5.74, 6) is 0.239. The zero-order valence-electron chi connectivity index (χ0n) is 12.7. The van der Waals surface area contributed by atoms with E-state index in [1.165, 1.54) is 32.4 Å². The quantitative estimate of drug-likeness (QED) is 0.905. The highest BCUT2D eigenvalue weighted by Crippen LogP contribution is 2.48. The number of aromatic hydroxyl groups is 2. The number of rotatable bonds is 3. The molecule has 2 aromatic carbocycles. The summed E-state index contributed by atoms with van der Waals surface area (Å²) < 4.78 is 16.1. The molecule has 23 heavy (non-hydrogen) atoms. The zero-order chi connectivity index (χ0) is 16.6. The summed E-state index contributed by atoms with van der Waals surface area (Å²) in [6.45, 7) is 0. The van der Waals surface area contributed by atoms with Crippen molar-refractivity contribution in [2.75, 3.05) is 14.2 Å². The van der Waals surface area contributed by atoms with Crippen LogP contribution in [0.15, 0.2) is 30.3 Å². The Bertz CT molecular complexity index is 751. The SMILES string of the molecule is COc1cc2c(c(O)c1OC)C(=O)C[C@H](c1ccc(O)cc1)O2. The molecule has 0 bridgehead atoms. The Morgan fingerprint density at radius 3 is 2.43 bits per heavy atom. The van der Waals surface area contributed by atoms with Crippen molar-refractivity contribution in [2.45, 2.75) is 12.5 Å². The molecule has 6 heteroatoms. The van der Waals surface area contributed by atoms with Crippen LogP contribution in [0.4, 0.5) is 0 Å². The molecule has 2 aromatic rings. The number of ketones is 1. The van der Waals surface area contributed by atoms with Crippen molar-refractivity contribution in [3.8, 4) is 28.7 Å². The Morgan fingerprint density at radius 2 is 1.83 bits per heavy atom. The second kappa shape index (κ2) is 5.72. The fraction of sp³-hybridized carbons (Fsp3) is 0.235. The molecule has 6 nitrogen and oxygen atoms in total. The minimum Gasteiger partial charge on any atom is -0.508 e. The van der Waals surface area contributed by atoms with Crippen LogP contribution in [0.2, 0.25) is 0 Å². The molecule has 3 rings (SSSR count). The first kappa shape index (κ1) is 15.0. The maximum Gasteiger partial charge on any atom is 0.204 e. The number of carbonyl (C=O) groups is 1. The molecule has 0 aliphatic carbocycles. The van der Waals surface area contributed by atoms with Crippen molar-refractivity contribution in [2.24, 2.45) is 0 Å². The number of Topliss-reactive ketones (excluding diaryl/α,β-unsaturated/α-hetero) is 1. The first-order chi connectivity index (χ1) is 11.0. The van der Waals surface area contributed by atoms with Crippen LogP contribution in [-0.4, -0.2) is 30.2 Å². The van der Waals surface area contributed by atoms with Gasteiger partial charge >= 0.3 is 0 Å². The van der Waals surface area contributed by atoms with Crippen LogP contribution < -0.4 is 14.2 Å². The summed E-state index contributed by atoms with van der Waals surface area (Å²) in [6.07, 6.45) is -0.408. The maximum absolute atomic E-state index is 12.4. The van der Waals surface area contributed by atoms with Gasteiger partial charge in [0.2, 0.25) is 5.75 Å². The van der Waals surface area contributed by atoms with Crippen molar-refractivity contribution in [3.63, 3.8) is 0 Å². The normalized spacial score (nSPS) is 16.4. The van der Waals surface area contributed by atoms with Gasteiger partial charge in [-0.3, -0.25) is 4.79 Å². The van der Waals surface area contributed by atoms with Crippen molar-refractivity contribution in [3.05, 3.63) is 41.5 Å². The van der Waals surface area contributed by atoms with Gasteiger partial charge in [-0.15, -0.1) is 0 Å². The van der Waals surface area contributed by atoms with Gasteiger partial charge in [0.1, 0.15) is 23.2 Å². The molecule has 0 spiro atoms. The average Bonchev–Trinajstić information content (AvgIpc) is 2.54. The van der Waals surface area contributed by atoms with E-state index in [0.717, 1.165) is 5.56 Å². The third-order valence-corrected chi connectivity index (χ3v) is 3.79. The maximum atomic E-state index is 12.4. The first-order valence-corrected chi connectivity index (χ1v) is 7.02. The van der Waals surface area contributed by atoms with Gasteiger partial charge in [-0.25, -0.2) is 0 Å². The van der Waals surface area contributed by atoms with E-state index in [1.807, 2.05) is 0 Å². The van der Waals surface area contributed by atoms with Gasteiger partial charge in [-0.2, -0.15) is 0 Å². The Labute approximate surface area is 132 Å². The van der Waals surface area contributed by atoms with Gasteiger partial charge in [-0.1, -0.05) is 12.1 Å². The summed E-state index contributed by atoms with van der Waals surface area (Å²) >= 11 is 0. The van der Waals surface area contributed by atoms with E-state index in [4.69, 9.17) is 14.2 Å². The van der Waals surface area contributed by atoms with E-state index in [9.17, 15) is 15.0 Å². The molecule has 0 radical (unpaired) electrons. The van der Waals surface area contributed by atoms with E-state index in [2.05, 4.69) is 0 Å². The van der Waals surface area contributed by atoms with E-state index < -0.39 is 6.10 Å². The number of phenolic OH excluding ortho intramolecular Hbond substituents is 2.